The quantitative estimate of drug-likeness (QED) is 0.405. The number of ketones is 1. The highest BCUT2D eigenvalue weighted by Gasteiger charge is 2.78. The molecule has 6 heteroatoms. The van der Waals surface area contributed by atoms with Gasteiger partial charge in [0.1, 0.15) is 0 Å². The van der Waals surface area contributed by atoms with Crippen molar-refractivity contribution in [2.75, 3.05) is 11.5 Å². The van der Waals surface area contributed by atoms with Crippen LogP contribution in [0, 0.1) is 0 Å². The number of anilines is 2. The number of hydrogen-bond donors (Lipinski definition) is 1. The molecule has 2 aliphatic heterocycles. The second-order valence-electron chi connectivity index (χ2n) is 7.52. The van der Waals surface area contributed by atoms with E-state index in [9.17, 15) is 14.4 Å². The van der Waals surface area contributed by atoms with E-state index in [-0.39, 0.29) is 6.61 Å². The minimum atomic E-state index is -1.88. The van der Waals surface area contributed by atoms with Gasteiger partial charge in [-0.3, -0.25) is 14.4 Å². The molecular formula is C25H20N2O4. The Kier molecular flexibility index (Phi) is 4.18. The fraction of sp³-hybridized carbons (Fsp3) is 0.160. The highest BCUT2D eigenvalue weighted by Crippen LogP contribution is 2.61. The van der Waals surface area contributed by atoms with Crippen molar-refractivity contribution in [1.82, 2.24) is 5.32 Å². The van der Waals surface area contributed by atoms with Gasteiger partial charge in [0.2, 0.25) is 11.2 Å². The first-order chi connectivity index (χ1) is 15.1. The van der Waals surface area contributed by atoms with Gasteiger partial charge >= 0.3 is 5.97 Å². The van der Waals surface area contributed by atoms with Gasteiger partial charge in [0.15, 0.2) is 5.66 Å². The average molecular weight is 412 g/mol. The molecule has 154 valence electrons. The zero-order chi connectivity index (χ0) is 21.6. The third kappa shape index (κ3) is 2.24. The highest BCUT2D eigenvalue weighted by atomic mass is 16.5. The van der Waals surface area contributed by atoms with Crippen LogP contribution in [0.2, 0.25) is 0 Å². The van der Waals surface area contributed by atoms with Crippen molar-refractivity contribution in [3.8, 4) is 0 Å². The van der Waals surface area contributed by atoms with E-state index in [1.807, 2.05) is 77.7 Å². The van der Waals surface area contributed by atoms with E-state index >= 15 is 0 Å². The van der Waals surface area contributed by atoms with Crippen LogP contribution in [0.5, 0.6) is 0 Å². The fourth-order valence-electron chi connectivity index (χ4n) is 4.95. The number of ether oxygens (including phenoxy) is 1. The van der Waals surface area contributed by atoms with Crippen LogP contribution in [-0.2, 0) is 30.2 Å². The molecule has 0 unspecified atom stereocenters. The first kappa shape index (κ1) is 19.1. The molecule has 0 bridgehead atoms. The Balaban J connectivity index is 1.95. The van der Waals surface area contributed by atoms with Crippen molar-refractivity contribution < 1.29 is 19.1 Å². The highest BCUT2D eigenvalue weighted by molar-refractivity contribution is 6.48. The van der Waals surface area contributed by atoms with Crippen molar-refractivity contribution >= 4 is 29.0 Å². The van der Waals surface area contributed by atoms with Crippen molar-refractivity contribution in [2.45, 2.75) is 18.0 Å². The Hall–Kier alpha value is -3.93. The summed E-state index contributed by atoms with van der Waals surface area (Å²) >= 11 is 0. The summed E-state index contributed by atoms with van der Waals surface area (Å²) in [7, 11) is 0. The number of carbonyl (C=O) groups excluding carboxylic acids is 3. The third-order valence-corrected chi connectivity index (χ3v) is 6.06. The van der Waals surface area contributed by atoms with Crippen LogP contribution in [0.1, 0.15) is 18.1 Å². The summed E-state index contributed by atoms with van der Waals surface area (Å²) in [6, 6.07) is 25.7. The summed E-state index contributed by atoms with van der Waals surface area (Å²) in [6.07, 6.45) is 0. The molecule has 1 fully saturated rings. The van der Waals surface area contributed by atoms with Gasteiger partial charge < -0.3 is 15.0 Å². The van der Waals surface area contributed by atoms with Gasteiger partial charge in [-0.25, -0.2) is 0 Å². The van der Waals surface area contributed by atoms with Crippen LogP contribution in [0.25, 0.3) is 0 Å². The molecule has 5 rings (SSSR count). The van der Waals surface area contributed by atoms with Gasteiger partial charge in [-0.1, -0.05) is 66.7 Å². The summed E-state index contributed by atoms with van der Waals surface area (Å²) in [5.74, 6) is -2.37. The maximum Gasteiger partial charge on any atom is 0.329 e. The number of nitrogens with zero attached hydrogens (tertiary/aromatic N) is 1. The molecular weight excluding hydrogens is 392 g/mol. The molecule has 1 saturated heterocycles. The molecule has 0 saturated carbocycles. The number of para-hydroxylation sites is 2. The van der Waals surface area contributed by atoms with Crippen molar-refractivity contribution in [3.63, 3.8) is 0 Å². The minimum absolute atomic E-state index is 0.0838. The number of hydrogen-bond acceptors (Lipinski definition) is 5. The first-order valence-electron chi connectivity index (χ1n) is 10.1. The molecule has 6 nitrogen and oxygen atoms in total. The number of Topliss-reactive ketones (excluding diaryl/α,β-unsaturated/α-hetero) is 1. The topological polar surface area (TPSA) is 75.7 Å². The molecule has 2 aliphatic rings. The molecule has 1 N–H and O–H groups in total. The number of benzene rings is 3. The molecule has 3 aromatic carbocycles. The fourth-order valence-corrected chi connectivity index (χ4v) is 4.95. The molecule has 0 spiro atoms. The number of fused-ring (bicyclic) bond motifs is 3. The lowest BCUT2D eigenvalue weighted by Crippen LogP contribution is -2.62. The van der Waals surface area contributed by atoms with Gasteiger partial charge in [-0.05, 0) is 25.1 Å². The van der Waals surface area contributed by atoms with E-state index in [2.05, 4.69) is 5.32 Å². The minimum Gasteiger partial charge on any atom is -0.465 e. The number of carbonyl (C=O) groups is 3. The predicted molar refractivity (Wildman–Crippen MR) is 115 cm³/mol. The van der Waals surface area contributed by atoms with Crippen LogP contribution in [0.3, 0.4) is 0 Å². The Labute approximate surface area is 179 Å². The van der Waals surface area contributed by atoms with Gasteiger partial charge in [0, 0.05) is 22.5 Å². The zero-order valence-electron chi connectivity index (χ0n) is 16.9. The maximum atomic E-state index is 13.7. The SMILES string of the molecule is CCOC(=O)[C@]12C(=O)C(=O)N[C@]1(c1ccccc1)N(c1ccccc1)c1ccccc12. The number of amides is 1. The van der Waals surface area contributed by atoms with Crippen LogP contribution in [0.4, 0.5) is 11.4 Å². The largest absolute Gasteiger partial charge is 0.465 e. The zero-order valence-corrected chi connectivity index (χ0v) is 16.9. The second kappa shape index (κ2) is 6.80. The van der Waals surface area contributed by atoms with Gasteiger partial charge in [0.25, 0.3) is 5.91 Å². The average Bonchev–Trinajstić information content (AvgIpc) is 3.20. The molecule has 2 heterocycles. The monoisotopic (exact) mass is 412 g/mol. The van der Waals surface area contributed by atoms with Crippen molar-refractivity contribution in [2.24, 2.45) is 0 Å². The standard InChI is InChI=1S/C25H20N2O4/c1-2-31-23(30)24-19-15-9-10-16-20(19)27(18-13-7-4-8-14-18)25(24,26-22(29)21(24)28)17-11-5-3-6-12-17/h3-16H,2H2,1H3,(H,26,29)/t24-,25+/m0/s1. The molecule has 0 radical (unpaired) electrons. The molecule has 3 aromatic rings. The van der Waals surface area contributed by atoms with E-state index in [1.54, 1.807) is 19.1 Å². The Morgan fingerprint density at radius 3 is 2.19 bits per heavy atom. The maximum absolute atomic E-state index is 13.7. The van der Waals surface area contributed by atoms with E-state index in [1.165, 1.54) is 0 Å². The van der Waals surface area contributed by atoms with E-state index in [0.717, 1.165) is 5.69 Å². The lowest BCUT2D eigenvalue weighted by atomic mass is 9.69. The molecule has 0 aliphatic carbocycles. The van der Waals surface area contributed by atoms with Crippen LogP contribution >= 0.6 is 0 Å². The molecule has 1 amide bonds. The summed E-state index contributed by atoms with van der Waals surface area (Å²) < 4.78 is 5.46. The Morgan fingerprint density at radius 1 is 0.903 bits per heavy atom. The predicted octanol–water partition coefficient (Wildman–Crippen LogP) is 3.19. The number of rotatable bonds is 4. The van der Waals surface area contributed by atoms with E-state index in [4.69, 9.17) is 4.74 Å². The van der Waals surface area contributed by atoms with E-state index in [0.29, 0.717) is 16.8 Å². The number of esters is 1. The van der Waals surface area contributed by atoms with Gasteiger partial charge in [-0.2, -0.15) is 0 Å². The van der Waals surface area contributed by atoms with Crippen molar-refractivity contribution in [3.05, 3.63) is 96.1 Å². The van der Waals surface area contributed by atoms with E-state index < -0.39 is 28.7 Å². The summed E-state index contributed by atoms with van der Waals surface area (Å²) in [4.78, 5) is 42.1. The van der Waals surface area contributed by atoms with Crippen molar-refractivity contribution in [1.29, 1.82) is 0 Å². The Bertz CT molecular complexity index is 1190. The van der Waals surface area contributed by atoms with Gasteiger partial charge in [0.05, 0.1) is 6.61 Å². The van der Waals surface area contributed by atoms with Crippen LogP contribution in [-0.4, -0.2) is 24.3 Å². The summed E-state index contributed by atoms with van der Waals surface area (Å²) in [6.45, 7) is 1.77. The normalized spacial score (nSPS) is 23.8. The van der Waals surface area contributed by atoms with Crippen LogP contribution < -0.4 is 10.2 Å². The second-order valence-corrected chi connectivity index (χ2v) is 7.52. The smallest absolute Gasteiger partial charge is 0.329 e. The molecule has 31 heavy (non-hydrogen) atoms. The third-order valence-electron chi connectivity index (χ3n) is 6.06. The molecule has 0 aromatic heterocycles. The summed E-state index contributed by atoms with van der Waals surface area (Å²) in [5.41, 5.74) is -0.918. The van der Waals surface area contributed by atoms with Gasteiger partial charge in [-0.15, -0.1) is 0 Å². The number of nitrogens with one attached hydrogen (secondary N) is 1. The Morgan fingerprint density at radius 2 is 1.52 bits per heavy atom. The first-order valence-corrected chi connectivity index (χ1v) is 10.1. The summed E-state index contributed by atoms with van der Waals surface area (Å²) in [5, 5.41) is 2.91. The lowest BCUT2D eigenvalue weighted by molar-refractivity contribution is -0.156. The van der Waals surface area contributed by atoms with Crippen LogP contribution in [0.15, 0.2) is 84.9 Å². The molecule has 2 atom stereocenters. The lowest BCUT2D eigenvalue weighted by Gasteiger charge is -2.43.